The Morgan fingerprint density at radius 2 is 1.92 bits per heavy atom. The Kier molecular flexibility index (Phi) is 5.23. The number of nitrogens with one attached hydrogen (secondary N) is 1. The number of benzene rings is 1. The van der Waals surface area contributed by atoms with Crippen molar-refractivity contribution in [3.05, 3.63) is 70.7 Å². The number of aromatic nitrogens is 2. The minimum Gasteiger partial charge on any atom is -0.363 e. The van der Waals surface area contributed by atoms with Gasteiger partial charge >= 0.3 is 0 Å². The van der Waals surface area contributed by atoms with E-state index in [1.807, 2.05) is 35.0 Å². The van der Waals surface area contributed by atoms with E-state index in [1.165, 1.54) is 22.2 Å². The number of thiophene rings is 1. The number of ketones is 1. The number of Topliss-reactive ketones (excluding diaryl/α,β-unsaturated/α-hetero) is 1. The molecule has 26 heavy (non-hydrogen) atoms. The summed E-state index contributed by atoms with van der Waals surface area (Å²) < 4.78 is 1.46. The number of para-hydroxylation sites is 1. The molecule has 0 bridgehead atoms. The first-order chi connectivity index (χ1) is 12.6. The molecule has 1 unspecified atom stereocenters. The summed E-state index contributed by atoms with van der Waals surface area (Å²) in [5.41, 5.74) is 6.93. The molecule has 0 aliphatic rings. The smallest absolute Gasteiger partial charge is 0.287 e. The predicted octanol–water partition coefficient (Wildman–Crippen LogP) is 1.33. The number of nitrogens with two attached hydrogens (primary N) is 1. The highest BCUT2D eigenvalue weighted by atomic mass is 32.1. The molecule has 2 amide bonds. The van der Waals surface area contributed by atoms with Crippen molar-refractivity contribution in [1.29, 1.82) is 0 Å². The van der Waals surface area contributed by atoms with Gasteiger partial charge in [-0.05, 0) is 40.6 Å². The van der Waals surface area contributed by atoms with Crippen LogP contribution < -0.4 is 11.1 Å². The largest absolute Gasteiger partial charge is 0.363 e. The minimum atomic E-state index is -1.08. The van der Waals surface area contributed by atoms with E-state index in [1.54, 1.807) is 18.2 Å². The lowest BCUT2D eigenvalue weighted by Crippen LogP contribution is -2.47. The van der Waals surface area contributed by atoms with E-state index >= 15 is 0 Å². The van der Waals surface area contributed by atoms with Crippen LogP contribution in [0.2, 0.25) is 0 Å². The summed E-state index contributed by atoms with van der Waals surface area (Å²) >= 11 is 1.46. The molecule has 2 aromatic heterocycles. The molecule has 2 heterocycles. The van der Waals surface area contributed by atoms with Crippen LogP contribution in [0, 0.1) is 0 Å². The van der Waals surface area contributed by atoms with E-state index in [0.717, 1.165) is 5.56 Å². The number of rotatable bonds is 7. The monoisotopic (exact) mass is 368 g/mol. The molecular formula is C18H16N4O3S. The zero-order chi connectivity index (χ0) is 18.5. The van der Waals surface area contributed by atoms with Gasteiger partial charge in [0.1, 0.15) is 11.7 Å². The molecule has 3 aromatic rings. The normalized spacial score (nSPS) is 11.7. The third kappa shape index (κ3) is 3.86. The predicted molar refractivity (Wildman–Crippen MR) is 97.0 cm³/mol. The van der Waals surface area contributed by atoms with Crippen molar-refractivity contribution in [2.75, 3.05) is 0 Å². The molecule has 3 rings (SSSR count). The van der Waals surface area contributed by atoms with Crippen LogP contribution in [0.15, 0.2) is 59.4 Å². The Morgan fingerprint density at radius 1 is 1.15 bits per heavy atom. The highest BCUT2D eigenvalue weighted by molar-refractivity contribution is 7.07. The number of amides is 2. The maximum atomic E-state index is 12.7. The number of hydrogen-bond acceptors (Lipinski definition) is 5. The van der Waals surface area contributed by atoms with Crippen molar-refractivity contribution in [1.82, 2.24) is 15.1 Å². The number of primary amides is 1. The highest BCUT2D eigenvalue weighted by Gasteiger charge is 2.27. The van der Waals surface area contributed by atoms with Gasteiger partial charge in [0.2, 0.25) is 5.78 Å². The lowest BCUT2D eigenvalue weighted by atomic mass is 10.0. The van der Waals surface area contributed by atoms with Crippen LogP contribution in [0.25, 0.3) is 5.69 Å². The summed E-state index contributed by atoms with van der Waals surface area (Å²) in [6, 6.07) is 11.5. The molecule has 7 nitrogen and oxygen atoms in total. The lowest BCUT2D eigenvalue weighted by molar-refractivity contribution is -0.137. The number of carbonyl (C=O) groups excluding carboxylic acids is 3. The van der Waals surface area contributed by atoms with Gasteiger partial charge in [-0.2, -0.15) is 16.4 Å². The van der Waals surface area contributed by atoms with Gasteiger partial charge in [-0.3, -0.25) is 14.4 Å². The van der Waals surface area contributed by atoms with Gasteiger partial charge in [-0.25, -0.2) is 4.68 Å². The number of carbonyl (C=O) groups is 3. The summed E-state index contributed by atoms with van der Waals surface area (Å²) in [6.45, 7) is 0. The van der Waals surface area contributed by atoms with Gasteiger partial charge in [-0.1, -0.05) is 18.2 Å². The van der Waals surface area contributed by atoms with Gasteiger partial charge in [0.15, 0.2) is 0 Å². The lowest BCUT2D eigenvalue weighted by Gasteiger charge is -2.16. The third-order valence-corrected chi connectivity index (χ3v) is 4.49. The first-order valence-electron chi connectivity index (χ1n) is 7.81. The quantitative estimate of drug-likeness (QED) is 0.614. The highest BCUT2D eigenvalue weighted by Crippen LogP contribution is 2.12. The average molecular weight is 368 g/mol. The molecule has 1 atom stereocenters. The van der Waals surface area contributed by atoms with Crippen molar-refractivity contribution < 1.29 is 14.4 Å². The fourth-order valence-electron chi connectivity index (χ4n) is 2.51. The topological polar surface area (TPSA) is 107 Å². The Bertz CT molecular complexity index is 919. The van der Waals surface area contributed by atoms with E-state index in [9.17, 15) is 14.4 Å². The van der Waals surface area contributed by atoms with Crippen LogP contribution in [-0.2, 0) is 16.0 Å². The number of hydrogen-bond donors (Lipinski definition) is 2. The summed E-state index contributed by atoms with van der Waals surface area (Å²) in [6.07, 6.45) is 1.68. The van der Waals surface area contributed by atoms with Crippen LogP contribution >= 0.6 is 11.3 Å². The fraction of sp³-hybridized carbons (Fsp3) is 0.111. The Labute approximate surface area is 153 Å². The first kappa shape index (κ1) is 17.6. The molecule has 3 N–H and O–H groups in total. The van der Waals surface area contributed by atoms with Crippen LogP contribution in [0.4, 0.5) is 0 Å². The van der Waals surface area contributed by atoms with Crippen molar-refractivity contribution >= 4 is 28.9 Å². The van der Waals surface area contributed by atoms with E-state index in [-0.39, 0.29) is 12.1 Å². The van der Waals surface area contributed by atoms with Crippen molar-refractivity contribution in [3.63, 3.8) is 0 Å². The molecule has 0 fully saturated rings. The molecular weight excluding hydrogens is 352 g/mol. The maximum Gasteiger partial charge on any atom is 0.287 e. The first-order valence-corrected chi connectivity index (χ1v) is 8.75. The van der Waals surface area contributed by atoms with Crippen LogP contribution in [0.5, 0.6) is 0 Å². The van der Waals surface area contributed by atoms with Gasteiger partial charge in [0, 0.05) is 6.42 Å². The van der Waals surface area contributed by atoms with E-state index in [4.69, 9.17) is 5.73 Å². The SMILES string of the molecule is NC(=O)C(=O)C(Cc1ccsc1)NC(=O)c1ccnn1-c1ccccc1. The second-order valence-corrected chi connectivity index (χ2v) is 6.33. The Morgan fingerprint density at radius 3 is 2.58 bits per heavy atom. The van der Waals surface area contributed by atoms with Crippen LogP contribution in [0.3, 0.4) is 0 Å². The molecule has 0 radical (unpaired) electrons. The second kappa shape index (κ2) is 7.75. The second-order valence-electron chi connectivity index (χ2n) is 5.55. The number of nitrogens with zero attached hydrogens (tertiary/aromatic N) is 2. The molecule has 0 aliphatic heterocycles. The average Bonchev–Trinajstić information content (AvgIpc) is 3.32. The molecule has 0 spiro atoms. The minimum absolute atomic E-state index is 0.191. The van der Waals surface area contributed by atoms with Gasteiger partial charge in [0.05, 0.1) is 11.9 Å². The standard InChI is InChI=1S/C18H16N4O3S/c19-17(24)16(23)14(10-12-7-9-26-11-12)21-18(25)15-6-8-20-22(15)13-4-2-1-3-5-13/h1-9,11,14H,10H2,(H2,19,24)(H,21,25). The summed E-state index contributed by atoms with van der Waals surface area (Å²) in [5, 5.41) is 10.5. The summed E-state index contributed by atoms with van der Waals surface area (Å²) in [5.74, 6) is -2.43. The zero-order valence-electron chi connectivity index (χ0n) is 13.7. The van der Waals surface area contributed by atoms with Crippen molar-refractivity contribution in [2.24, 2.45) is 5.73 Å². The molecule has 0 saturated carbocycles. The van der Waals surface area contributed by atoms with Crippen LogP contribution in [-0.4, -0.2) is 33.4 Å². The van der Waals surface area contributed by atoms with E-state index in [0.29, 0.717) is 5.69 Å². The Balaban J connectivity index is 1.83. The van der Waals surface area contributed by atoms with Gasteiger partial charge < -0.3 is 11.1 Å². The van der Waals surface area contributed by atoms with E-state index < -0.39 is 23.6 Å². The third-order valence-electron chi connectivity index (χ3n) is 3.76. The molecule has 0 saturated heterocycles. The zero-order valence-corrected chi connectivity index (χ0v) is 14.5. The Hall–Kier alpha value is -3.26. The fourth-order valence-corrected chi connectivity index (χ4v) is 3.19. The van der Waals surface area contributed by atoms with Crippen LogP contribution in [0.1, 0.15) is 16.1 Å². The summed E-state index contributed by atoms with van der Waals surface area (Å²) in [4.78, 5) is 36.1. The van der Waals surface area contributed by atoms with Crippen molar-refractivity contribution in [2.45, 2.75) is 12.5 Å². The van der Waals surface area contributed by atoms with Crippen molar-refractivity contribution in [3.8, 4) is 5.69 Å². The van der Waals surface area contributed by atoms with Gasteiger partial charge in [-0.15, -0.1) is 0 Å². The van der Waals surface area contributed by atoms with E-state index in [2.05, 4.69) is 10.4 Å². The summed E-state index contributed by atoms with van der Waals surface area (Å²) in [7, 11) is 0. The maximum absolute atomic E-state index is 12.7. The van der Waals surface area contributed by atoms with Gasteiger partial charge in [0.25, 0.3) is 11.8 Å². The molecule has 8 heteroatoms. The molecule has 132 valence electrons. The molecule has 1 aromatic carbocycles. The molecule has 0 aliphatic carbocycles.